The van der Waals surface area contributed by atoms with Gasteiger partial charge in [0.15, 0.2) is 17.4 Å². The van der Waals surface area contributed by atoms with E-state index in [0.29, 0.717) is 56.0 Å². The van der Waals surface area contributed by atoms with Crippen molar-refractivity contribution in [1.82, 2.24) is 20.4 Å². The molecule has 3 heterocycles. The van der Waals surface area contributed by atoms with Gasteiger partial charge in [0.25, 0.3) is 5.91 Å². The number of hydrogen-bond acceptors (Lipinski definition) is 6. The summed E-state index contributed by atoms with van der Waals surface area (Å²) >= 11 is 0. The van der Waals surface area contributed by atoms with Crippen LogP contribution in [-0.4, -0.2) is 83.2 Å². The smallest absolute Gasteiger partial charge is 0.252 e. The highest BCUT2D eigenvalue weighted by Crippen LogP contribution is 2.38. The van der Waals surface area contributed by atoms with Gasteiger partial charge in [0.1, 0.15) is 5.82 Å². The monoisotopic (exact) mass is 692 g/mol. The van der Waals surface area contributed by atoms with Crippen molar-refractivity contribution in [3.8, 4) is 5.75 Å². The van der Waals surface area contributed by atoms with Gasteiger partial charge in [-0.1, -0.05) is 42.5 Å². The van der Waals surface area contributed by atoms with Crippen LogP contribution in [0.25, 0.3) is 5.57 Å². The fourth-order valence-electron chi connectivity index (χ4n) is 7.35. The topological polar surface area (TPSA) is 94.1 Å². The minimum Gasteiger partial charge on any atom is -0.488 e. The number of amides is 2. The lowest BCUT2D eigenvalue weighted by Crippen LogP contribution is -2.63. The summed E-state index contributed by atoms with van der Waals surface area (Å²) in [6, 6.07) is 14.8. The lowest BCUT2D eigenvalue weighted by atomic mass is 9.82. The van der Waals surface area contributed by atoms with Crippen LogP contribution in [0.4, 0.5) is 17.6 Å². The van der Waals surface area contributed by atoms with Crippen molar-refractivity contribution < 1.29 is 37.0 Å². The summed E-state index contributed by atoms with van der Waals surface area (Å²) in [5.74, 6) is -4.85. The first-order valence-corrected chi connectivity index (χ1v) is 17.3. The van der Waals surface area contributed by atoms with Crippen LogP contribution in [0, 0.1) is 23.3 Å². The summed E-state index contributed by atoms with van der Waals surface area (Å²) in [4.78, 5) is 31.7. The Balaban J connectivity index is 1.13. The molecule has 3 aliphatic heterocycles. The zero-order chi connectivity index (χ0) is 34.9. The Morgan fingerprint density at radius 2 is 1.70 bits per heavy atom. The van der Waals surface area contributed by atoms with Gasteiger partial charge in [0.2, 0.25) is 11.7 Å². The number of benzene rings is 3. The molecule has 2 amide bonds. The van der Waals surface area contributed by atoms with Crippen molar-refractivity contribution in [1.29, 1.82) is 0 Å². The third kappa shape index (κ3) is 7.28. The van der Waals surface area contributed by atoms with Crippen LogP contribution in [0.15, 0.2) is 66.2 Å². The predicted molar refractivity (Wildman–Crippen MR) is 178 cm³/mol. The highest BCUT2D eigenvalue weighted by molar-refractivity contribution is 6.03. The number of piperazine rings is 1. The number of nitrogens with one attached hydrogen (secondary N) is 2. The molecule has 4 atom stereocenters. The van der Waals surface area contributed by atoms with Crippen molar-refractivity contribution in [2.24, 2.45) is 0 Å². The highest BCUT2D eigenvalue weighted by atomic mass is 19.2. The van der Waals surface area contributed by atoms with E-state index in [1.807, 2.05) is 24.3 Å². The van der Waals surface area contributed by atoms with Gasteiger partial charge in [-0.25, -0.2) is 13.2 Å². The molecule has 7 rings (SSSR count). The van der Waals surface area contributed by atoms with Crippen LogP contribution >= 0.6 is 0 Å². The van der Waals surface area contributed by atoms with Crippen LogP contribution in [0.3, 0.4) is 0 Å². The second-order valence-electron chi connectivity index (χ2n) is 13.7. The molecule has 50 heavy (non-hydrogen) atoms. The first-order chi connectivity index (χ1) is 24.2. The lowest BCUT2D eigenvalue weighted by Gasteiger charge is -2.45. The summed E-state index contributed by atoms with van der Waals surface area (Å²) in [5.41, 5.74) is 3.72. The van der Waals surface area contributed by atoms with Gasteiger partial charge in [0.05, 0.1) is 24.8 Å². The molecule has 3 N–H and O–H groups in total. The van der Waals surface area contributed by atoms with E-state index in [0.717, 1.165) is 35.6 Å². The van der Waals surface area contributed by atoms with Crippen LogP contribution in [0.1, 0.15) is 48.8 Å². The summed E-state index contributed by atoms with van der Waals surface area (Å²) in [6.07, 6.45) is 2.91. The van der Waals surface area contributed by atoms with Gasteiger partial charge < -0.3 is 30.3 Å². The normalized spacial score (nSPS) is 23.3. The molecule has 12 heteroatoms. The number of rotatable bonds is 11. The Kier molecular flexibility index (Phi) is 9.94. The number of hydrogen-bond donors (Lipinski definition) is 3. The van der Waals surface area contributed by atoms with E-state index in [2.05, 4.69) is 10.6 Å². The fourth-order valence-corrected chi connectivity index (χ4v) is 7.35. The maximum absolute atomic E-state index is 14.8. The average molecular weight is 693 g/mol. The van der Waals surface area contributed by atoms with Crippen LogP contribution < -0.4 is 15.4 Å². The van der Waals surface area contributed by atoms with Gasteiger partial charge in [0, 0.05) is 49.4 Å². The van der Waals surface area contributed by atoms with Gasteiger partial charge in [-0.3, -0.25) is 9.59 Å². The number of carbonyl (C=O) groups excluding carboxylic acids is 2. The van der Waals surface area contributed by atoms with E-state index < -0.39 is 41.4 Å². The lowest BCUT2D eigenvalue weighted by molar-refractivity contribution is -0.136. The quantitative estimate of drug-likeness (QED) is 0.156. The molecule has 2 bridgehead atoms. The van der Waals surface area contributed by atoms with E-state index in [4.69, 9.17) is 4.74 Å². The molecule has 1 aliphatic carbocycles. The highest BCUT2D eigenvalue weighted by Gasteiger charge is 2.44. The molecule has 8 nitrogen and oxygen atoms in total. The van der Waals surface area contributed by atoms with Crippen molar-refractivity contribution in [2.45, 2.75) is 75.3 Å². The molecular weight excluding hydrogens is 652 g/mol. The van der Waals surface area contributed by atoms with E-state index in [1.165, 1.54) is 6.07 Å². The van der Waals surface area contributed by atoms with E-state index in [-0.39, 0.29) is 49.4 Å². The maximum atomic E-state index is 14.8. The standard InChI is InChI=1S/C38H40F4N4O4/c39-29-6-2-1-5-24(29)19-46(26-11-12-26)38(49)34-28(16-25-20-45(21-33(34)44-25)37(48)32-17-27(47)18-43-32)23-9-7-22(8-10-23)4-3-15-50-36-31(41)14-13-30(40)35(36)42/h1-2,5-10,13-14,25-27,32-33,43-44,47H,3-4,11-12,15-21H2/t25-,27-,32?,33-/m1/s1. The molecule has 3 fully saturated rings. The molecule has 3 aromatic carbocycles. The summed E-state index contributed by atoms with van der Waals surface area (Å²) < 4.78 is 61.4. The molecule has 1 saturated carbocycles. The second-order valence-corrected chi connectivity index (χ2v) is 13.7. The summed E-state index contributed by atoms with van der Waals surface area (Å²) in [6.45, 7) is 1.24. The van der Waals surface area contributed by atoms with Gasteiger partial charge in [-0.2, -0.15) is 4.39 Å². The third-order valence-corrected chi connectivity index (χ3v) is 10.1. The minimum atomic E-state index is -1.35. The van der Waals surface area contributed by atoms with Crippen molar-refractivity contribution in [3.05, 3.63) is 106 Å². The largest absolute Gasteiger partial charge is 0.488 e. The summed E-state index contributed by atoms with van der Waals surface area (Å²) in [7, 11) is 0. The number of aliphatic hydroxyl groups is 1. The number of nitrogens with zero attached hydrogens (tertiary/aromatic N) is 2. The number of β-amino-alcohol motifs (C(OH)–C–C–N with tert-alkyl or cyclic N) is 1. The number of halogens is 4. The molecule has 0 aromatic heterocycles. The molecule has 0 spiro atoms. The molecule has 1 unspecified atom stereocenters. The number of aliphatic hydroxyl groups excluding tert-OH is 1. The van der Waals surface area contributed by atoms with Crippen molar-refractivity contribution in [3.63, 3.8) is 0 Å². The molecular formula is C38H40F4N4O4. The van der Waals surface area contributed by atoms with Gasteiger partial charge in [-0.05, 0) is 73.4 Å². The predicted octanol–water partition coefficient (Wildman–Crippen LogP) is 4.49. The fraction of sp³-hybridized carbons (Fsp3) is 0.421. The van der Waals surface area contributed by atoms with E-state index in [9.17, 15) is 32.3 Å². The first kappa shape index (κ1) is 34.2. The molecule has 2 saturated heterocycles. The Morgan fingerprint density at radius 3 is 2.42 bits per heavy atom. The molecule has 0 radical (unpaired) electrons. The number of ether oxygens (including phenoxy) is 1. The van der Waals surface area contributed by atoms with Crippen LogP contribution in [0.5, 0.6) is 5.75 Å². The number of fused-ring (bicyclic) bond motifs is 2. The Morgan fingerprint density at radius 1 is 0.940 bits per heavy atom. The molecule has 3 aromatic rings. The van der Waals surface area contributed by atoms with Gasteiger partial charge in [-0.15, -0.1) is 0 Å². The first-order valence-electron chi connectivity index (χ1n) is 17.3. The van der Waals surface area contributed by atoms with Crippen molar-refractivity contribution in [2.75, 3.05) is 26.2 Å². The zero-order valence-electron chi connectivity index (χ0n) is 27.5. The maximum Gasteiger partial charge on any atom is 0.252 e. The SMILES string of the molecule is O=C(C1C[C@@H](O)CN1)N1C[C@H]2CC(c3ccc(CCCOc4c(F)ccc(F)c4F)cc3)=C(C(=O)N(Cc3ccccc3F)C3CC3)[C@@H](C1)N2. The van der Waals surface area contributed by atoms with E-state index in [1.54, 1.807) is 28.0 Å². The molecule has 264 valence electrons. The zero-order valence-corrected chi connectivity index (χ0v) is 27.5. The Hall–Kier alpha value is -4.26. The number of aryl methyl sites for hydroxylation is 1. The van der Waals surface area contributed by atoms with Crippen molar-refractivity contribution >= 4 is 17.4 Å². The van der Waals surface area contributed by atoms with Gasteiger partial charge >= 0.3 is 0 Å². The van der Waals surface area contributed by atoms with Crippen LogP contribution in [-0.2, 0) is 22.6 Å². The third-order valence-electron chi connectivity index (χ3n) is 10.1. The van der Waals surface area contributed by atoms with E-state index >= 15 is 0 Å². The molecule has 4 aliphatic rings. The Labute approximate surface area is 288 Å². The Bertz CT molecular complexity index is 1780. The average Bonchev–Trinajstić information content (AvgIpc) is 3.87. The number of carbonyl (C=O) groups is 2. The second kappa shape index (κ2) is 14.5. The summed E-state index contributed by atoms with van der Waals surface area (Å²) in [5, 5.41) is 16.7. The minimum absolute atomic E-state index is 0.00185. The van der Waals surface area contributed by atoms with Crippen LogP contribution in [0.2, 0.25) is 0 Å².